The summed E-state index contributed by atoms with van der Waals surface area (Å²) < 4.78 is 23.2. The Morgan fingerprint density at radius 3 is 2.60 bits per heavy atom. The minimum Gasteiger partial charge on any atom is -0.508 e. The molecule has 1 heterocycles. The highest BCUT2D eigenvalue weighted by atomic mass is 32.2. The van der Waals surface area contributed by atoms with Gasteiger partial charge in [0, 0.05) is 12.6 Å². The minimum atomic E-state index is -2.83. The molecule has 1 aromatic carbocycles. The molecule has 4 nitrogen and oxygen atoms in total. The maximum atomic E-state index is 11.6. The number of sulfone groups is 1. The van der Waals surface area contributed by atoms with Gasteiger partial charge in [-0.2, -0.15) is 0 Å². The molecule has 0 aliphatic carbocycles. The molecule has 5 heteroatoms. The van der Waals surface area contributed by atoms with Crippen molar-refractivity contribution in [2.45, 2.75) is 32.2 Å². The van der Waals surface area contributed by atoms with E-state index in [1.165, 1.54) is 5.56 Å². The molecule has 1 fully saturated rings. The molecule has 2 rings (SSSR count). The van der Waals surface area contributed by atoms with E-state index in [2.05, 4.69) is 11.8 Å². The lowest BCUT2D eigenvalue weighted by Gasteiger charge is -2.27. The summed E-state index contributed by atoms with van der Waals surface area (Å²) in [7, 11) is -2.83. The van der Waals surface area contributed by atoms with Crippen LogP contribution in [0, 0.1) is 0 Å². The Balaban J connectivity index is 1.85. The lowest BCUT2D eigenvalue weighted by Crippen LogP contribution is -2.35. The molecule has 1 aromatic rings. The van der Waals surface area contributed by atoms with Crippen LogP contribution in [0.5, 0.6) is 5.75 Å². The summed E-state index contributed by atoms with van der Waals surface area (Å²) in [6, 6.07) is 7.68. The van der Waals surface area contributed by atoms with Gasteiger partial charge in [-0.05, 0) is 50.4 Å². The first-order valence-electron chi connectivity index (χ1n) is 7.19. The molecule has 0 bridgehead atoms. The highest BCUT2D eigenvalue weighted by Crippen LogP contribution is 2.15. The molecular weight excluding hydrogens is 274 g/mol. The molecule has 112 valence electrons. The van der Waals surface area contributed by atoms with Gasteiger partial charge in [0.15, 0.2) is 9.84 Å². The zero-order valence-electron chi connectivity index (χ0n) is 12.0. The van der Waals surface area contributed by atoms with Gasteiger partial charge in [-0.15, -0.1) is 0 Å². The van der Waals surface area contributed by atoms with Crippen LogP contribution >= 0.6 is 0 Å². The number of hydrogen-bond acceptors (Lipinski definition) is 4. The average molecular weight is 297 g/mol. The molecule has 0 amide bonds. The van der Waals surface area contributed by atoms with Crippen LogP contribution in [0.4, 0.5) is 0 Å². The lowest BCUT2D eigenvalue weighted by atomic mass is 10.0. The van der Waals surface area contributed by atoms with Gasteiger partial charge in [-0.25, -0.2) is 8.42 Å². The molecule has 1 N–H and O–H groups in total. The van der Waals surface area contributed by atoms with Crippen molar-refractivity contribution in [2.24, 2.45) is 0 Å². The Labute approximate surface area is 121 Å². The second-order valence-electron chi connectivity index (χ2n) is 5.60. The lowest BCUT2D eigenvalue weighted by molar-refractivity contribution is 0.215. The van der Waals surface area contributed by atoms with Gasteiger partial charge in [0.05, 0.1) is 11.5 Å². The van der Waals surface area contributed by atoms with Gasteiger partial charge < -0.3 is 5.11 Å². The number of phenols is 1. The monoisotopic (exact) mass is 297 g/mol. The van der Waals surface area contributed by atoms with E-state index in [4.69, 9.17) is 0 Å². The Bertz CT molecular complexity index is 525. The van der Waals surface area contributed by atoms with Crippen molar-refractivity contribution in [3.05, 3.63) is 29.8 Å². The van der Waals surface area contributed by atoms with Gasteiger partial charge in [0.25, 0.3) is 0 Å². The number of phenolic OH excluding ortho intramolecular Hbond substituents is 1. The van der Waals surface area contributed by atoms with E-state index in [1.54, 1.807) is 12.1 Å². The topological polar surface area (TPSA) is 57.6 Å². The fraction of sp³-hybridized carbons (Fsp3) is 0.600. The van der Waals surface area contributed by atoms with Gasteiger partial charge in [0.1, 0.15) is 5.75 Å². The van der Waals surface area contributed by atoms with Crippen LogP contribution in [0.25, 0.3) is 0 Å². The molecule has 20 heavy (non-hydrogen) atoms. The standard InChI is InChI=1S/C15H23NO3S/c1-13(3-4-14-5-7-15(17)8-6-14)16-9-2-11-20(18,19)12-10-16/h5-8,13,17H,2-4,9-12H2,1H3. The summed E-state index contributed by atoms with van der Waals surface area (Å²) in [4.78, 5) is 2.28. The van der Waals surface area contributed by atoms with Crippen molar-refractivity contribution < 1.29 is 13.5 Å². The third-order valence-electron chi connectivity index (χ3n) is 4.00. The molecule has 1 aliphatic heterocycles. The van der Waals surface area contributed by atoms with Crippen LogP contribution in [0.1, 0.15) is 25.3 Å². The molecule has 1 aliphatic rings. The van der Waals surface area contributed by atoms with Gasteiger partial charge in [-0.3, -0.25) is 4.90 Å². The predicted molar refractivity (Wildman–Crippen MR) is 80.7 cm³/mol. The largest absolute Gasteiger partial charge is 0.508 e. The quantitative estimate of drug-likeness (QED) is 0.921. The highest BCUT2D eigenvalue weighted by Gasteiger charge is 2.22. The molecule has 1 saturated heterocycles. The summed E-state index contributed by atoms with van der Waals surface area (Å²) in [6.45, 7) is 3.69. The SMILES string of the molecule is CC(CCc1ccc(O)cc1)N1CCCS(=O)(=O)CC1. The van der Waals surface area contributed by atoms with Crippen molar-refractivity contribution in [3.8, 4) is 5.75 Å². The fourth-order valence-electron chi connectivity index (χ4n) is 2.62. The molecule has 1 atom stereocenters. The predicted octanol–water partition coefficient (Wildman–Crippen LogP) is 1.83. The first-order valence-corrected chi connectivity index (χ1v) is 9.01. The third kappa shape index (κ3) is 4.49. The van der Waals surface area contributed by atoms with E-state index in [0.29, 0.717) is 24.1 Å². The molecule has 0 aromatic heterocycles. The van der Waals surface area contributed by atoms with Crippen LogP contribution in [0.2, 0.25) is 0 Å². The number of hydrogen-bond donors (Lipinski definition) is 1. The number of benzene rings is 1. The number of rotatable bonds is 4. The Hall–Kier alpha value is -1.07. The molecule has 0 spiro atoms. The van der Waals surface area contributed by atoms with Gasteiger partial charge in [0.2, 0.25) is 0 Å². The van der Waals surface area contributed by atoms with Crippen molar-refractivity contribution in [2.75, 3.05) is 24.6 Å². The third-order valence-corrected chi connectivity index (χ3v) is 5.72. The zero-order valence-corrected chi connectivity index (χ0v) is 12.8. The summed E-state index contributed by atoms with van der Waals surface area (Å²) in [5.74, 6) is 0.907. The number of aryl methyl sites for hydroxylation is 1. The van der Waals surface area contributed by atoms with Crippen LogP contribution in [-0.4, -0.2) is 49.1 Å². The van der Waals surface area contributed by atoms with E-state index in [0.717, 1.165) is 25.8 Å². The maximum Gasteiger partial charge on any atom is 0.151 e. The number of nitrogens with zero attached hydrogens (tertiary/aromatic N) is 1. The van der Waals surface area contributed by atoms with Crippen LogP contribution < -0.4 is 0 Å². The van der Waals surface area contributed by atoms with Crippen molar-refractivity contribution in [1.82, 2.24) is 4.90 Å². The van der Waals surface area contributed by atoms with Crippen molar-refractivity contribution in [1.29, 1.82) is 0 Å². The zero-order chi connectivity index (χ0) is 14.6. The second kappa shape index (κ2) is 6.59. The smallest absolute Gasteiger partial charge is 0.151 e. The van der Waals surface area contributed by atoms with E-state index < -0.39 is 9.84 Å². The Kier molecular flexibility index (Phi) is 5.05. The fourth-order valence-corrected chi connectivity index (χ4v) is 3.91. The minimum absolute atomic E-state index is 0.288. The van der Waals surface area contributed by atoms with E-state index in [9.17, 15) is 13.5 Å². The first-order chi connectivity index (χ1) is 9.46. The van der Waals surface area contributed by atoms with Crippen molar-refractivity contribution >= 4 is 9.84 Å². The summed E-state index contributed by atoms with van der Waals surface area (Å²) in [6.07, 6.45) is 2.70. The average Bonchev–Trinajstić information content (AvgIpc) is 2.59. The first kappa shape index (κ1) is 15.3. The second-order valence-corrected chi connectivity index (χ2v) is 7.90. The van der Waals surface area contributed by atoms with Gasteiger partial charge in [-0.1, -0.05) is 12.1 Å². The summed E-state index contributed by atoms with van der Waals surface area (Å²) in [5, 5.41) is 9.25. The van der Waals surface area contributed by atoms with E-state index >= 15 is 0 Å². The Morgan fingerprint density at radius 1 is 1.20 bits per heavy atom. The Morgan fingerprint density at radius 2 is 1.90 bits per heavy atom. The maximum absolute atomic E-state index is 11.6. The highest BCUT2D eigenvalue weighted by molar-refractivity contribution is 7.91. The summed E-state index contributed by atoms with van der Waals surface area (Å²) >= 11 is 0. The molecular formula is C15H23NO3S. The van der Waals surface area contributed by atoms with Gasteiger partial charge >= 0.3 is 0 Å². The van der Waals surface area contributed by atoms with Crippen molar-refractivity contribution in [3.63, 3.8) is 0 Å². The molecule has 1 unspecified atom stereocenters. The van der Waals surface area contributed by atoms with E-state index in [-0.39, 0.29) is 5.75 Å². The van der Waals surface area contributed by atoms with Crippen LogP contribution in [-0.2, 0) is 16.3 Å². The molecule has 0 saturated carbocycles. The normalized spacial score (nSPS) is 21.2. The van der Waals surface area contributed by atoms with Crippen LogP contribution in [0.15, 0.2) is 24.3 Å². The summed E-state index contributed by atoms with van der Waals surface area (Å²) in [5.41, 5.74) is 1.21. The molecule has 0 radical (unpaired) electrons. The van der Waals surface area contributed by atoms with E-state index in [1.807, 2.05) is 12.1 Å². The number of aromatic hydroxyl groups is 1. The van der Waals surface area contributed by atoms with Crippen LogP contribution in [0.3, 0.4) is 0 Å².